The fourth-order valence-corrected chi connectivity index (χ4v) is 10.5. The van der Waals surface area contributed by atoms with Crippen LogP contribution in [0.2, 0.25) is 0 Å². The minimum absolute atomic E-state index is 0.633. The van der Waals surface area contributed by atoms with E-state index in [0.717, 1.165) is 60.7 Å². The highest BCUT2D eigenvalue weighted by Crippen LogP contribution is 2.68. The SMILES string of the molecule is CC(C)CCC[C@@H](C)[C@H]1CC[C@H]2[C@@H]3CC[C@H]4C[C@@H](N5CCOCC5)CC[C@]4(C)[C@H]3CC[C@]12C. The van der Waals surface area contributed by atoms with Crippen LogP contribution in [0.5, 0.6) is 0 Å². The average Bonchev–Trinajstić information content (AvgIpc) is 3.16. The zero-order valence-electron chi connectivity index (χ0n) is 22.8. The molecule has 5 rings (SSSR count). The van der Waals surface area contributed by atoms with Gasteiger partial charge >= 0.3 is 0 Å². The van der Waals surface area contributed by atoms with Crippen molar-refractivity contribution in [3.8, 4) is 0 Å². The summed E-state index contributed by atoms with van der Waals surface area (Å²) in [6, 6.07) is 0.847. The molecule has 0 bridgehead atoms. The van der Waals surface area contributed by atoms with E-state index in [2.05, 4.69) is 39.5 Å². The molecule has 1 heterocycles. The quantitative estimate of drug-likeness (QED) is 0.403. The largest absolute Gasteiger partial charge is 0.379 e. The van der Waals surface area contributed by atoms with E-state index in [1.54, 1.807) is 19.3 Å². The molecule has 0 aromatic carbocycles. The first kappa shape index (κ1) is 24.6. The van der Waals surface area contributed by atoms with Crippen molar-refractivity contribution in [1.82, 2.24) is 4.90 Å². The highest BCUT2D eigenvalue weighted by molar-refractivity contribution is 5.10. The van der Waals surface area contributed by atoms with Crippen molar-refractivity contribution >= 4 is 0 Å². The number of ether oxygens (including phenoxy) is 1. The topological polar surface area (TPSA) is 12.5 Å². The van der Waals surface area contributed by atoms with Crippen LogP contribution in [0.3, 0.4) is 0 Å². The summed E-state index contributed by atoms with van der Waals surface area (Å²) in [6.07, 6.45) is 18.0. The second kappa shape index (κ2) is 9.76. The molecule has 33 heavy (non-hydrogen) atoms. The van der Waals surface area contributed by atoms with E-state index in [1.165, 1.54) is 70.9 Å². The Balaban J connectivity index is 1.24. The van der Waals surface area contributed by atoms with E-state index in [-0.39, 0.29) is 0 Å². The molecule has 5 fully saturated rings. The molecule has 0 N–H and O–H groups in total. The molecule has 1 aliphatic heterocycles. The number of nitrogens with zero attached hydrogens (tertiary/aromatic N) is 1. The van der Waals surface area contributed by atoms with Crippen LogP contribution in [0, 0.1) is 52.3 Å². The van der Waals surface area contributed by atoms with Crippen molar-refractivity contribution in [3.63, 3.8) is 0 Å². The molecule has 0 unspecified atom stereocenters. The molecule has 0 aromatic rings. The van der Waals surface area contributed by atoms with Gasteiger partial charge in [-0.25, -0.2) is 0 Å². The smallest absolute Gasteiger partial charge is 0.0594 e. The van der Waals surface area contributed by atoms with Crippen molar-refractivity contribution in [2.75, 3.05) is 26.3 Å². The maximum atomic E-state index is 5.65. The highest BCUT2D eigenvalue weighted by atomic mass is 16.5. The Bertz CT molecular complexity index is 655. The van der Waals surface area contributed by atoms with Gasteiger partial charge in [-0.15, -0.1) is 0 Å². The summed E-state index contributed by atoms with van der Waals surface area (Å²) in [5, 5.41) is 0. The van der Waals surface area contributed by atoms with Gasteiger partial charge in [0.05, 0.1) is 13.2 Å². The predicted octanol–water partition coefficient (Wildman–Crippen LogP) is 7.81. The molecule has 0 radical (unpaired) electrons. The van der Waals surface area contributed by atoms with Crippen molar-refractivity contribution < 1.29 is 4.74 Å². The third-order valence-electron chi connectivity index (χ3n) is 12.4. The summed E-state index contributed by atoms with van der Waals surface area (Å²) in [7, 11) is 0. The summed E-state index contributed by atoms with van der Waals surface area (Å²) in [5.74, 6) is 6.88. The predicted molar refractivity (Wildman–Crippen MR) is 139 cm³/mol. The summed E-state index contributed by atoms with van der Waals surface area (Å²) in [6.45, 7) is 17.2. The minimum atomic E-state index is 0.633. The first-order valence-electron chi connectivity index (χ1n) is 15.1. The van der Waals surface area contributed by atoms with E-state index in [4.69, 9.17) is 4.74 Å². The highest BCUT2D eigenvalue weighted by Gasteiger charge is 2.60. The van der Waals surface area contributed by atoms with Gasteiger partial charge in [0.2, 0.25) is 0 Å². The van der Waals surface area contributed by atoms with Crippen LogP contribution in [-0.2, 0) is 4.74 Å². The zero-order chi connectivity index (χ0) is 23.2. The van der Waals surface area contributed by atoms with Crippen LogP contribution in [0.25, 0.3) is 0 Å². The molecule has 2 heteroatoms. The molecule has 0 aromatic heterocycles. The van der Waals surface area contributed by atoms with E-state index in [0.29, 0.717) is 10.8 Å². The van der Waals surface area contributed by atoms with Crippen LogP contribution in [0.1, 0.15) is 112 Å². The number of fused-ring (bicyclic) bond motifs is 5. The molecular weight excluding hydrogens is 402 g/mol. The Hall–Kier alpha value is -0.0800. The average molecular weight is 458 g/mol. The van der Waals surface area contributed by atoms with Crippen molar-refractivity contribution in [3.05, 3.63) is 0 Å². The zero-order valence-corrected chi connectivity index (χ0v) is 22.8. The van der Waals surface area contributed by atoms with Crippen LogP contribution < -0.4 is 0 Å². The van der Waals surface area contributed by atoms with Gasteiger partial charge in [-0.1, -0.05) is 53.9 Å². The Kier molecular flexibility index (Phi) is 7.28. The number of hydrogen-bond acceptors (Lipinski definition) is 2. The molecule has 5 aliphatic rings. The molecule has 0 amide bonds. The van der Waals surface area contributed by atoms with Gasteiger partial charge in [0.25, 0.3) is 0 Å². The van der Waals surface area contributed by atoms with Crippen molar-refractivity contribution in [2.45, 2.75) is 118 Å². The lowest BCUT2D eigenvalue weighted by Crippen LogP contribution is -2.56. The fourth-order valence-electron chi connectivity index (χ4n) is 10.5. The van der Waals surface area contributed by atoms with Crippen LogP contribution >= 0.6 is 0 Å². The Morgan fingerprint density at radius 1 is 0.818 bits per heavy atom. The maximum Gasteiger partial charge on any atom is 0.0594 e. The van der Waals surface area contributed by atoms with Crippen molar-refractivity contribution in [2.24, 2.45) is 52.3 Å². The lowest BCUT2D eigenvalue weighted by Gasteiger charge is -2.62. The van der Waals surface area contributed by atoms with Gasteiger partial charge in [-0.05, 0) is 110 Å². The standard InChI is InChI=1S/C31H55NO/c1-22(2)7-6-8-23(3)27-11-12-28-26-10-9-24-21-25(32-17-19-33-20-18-32)13-15-30(24,4)29(26)14-16-31(27,28)5/h22-29H,6-21H2,1-5H3/t23-,24+,25+,26+,27-,28+,29+,30+,31-/m1/s1. The maximum absolute atomic E-state index is 5.65. The Labute approximate surface area is 206 Å². The van der Waals surface area contributed by atoms with Gasteiger partial charge in [0, 0.05) is 19.1 Å². The number of hydrogen-bond donors (Lipinski definition) is 0. The second-order valence-corrected chi connectivity index (χ2v) is 14.3. The summed E-state index contributed by atoms with van der Waals surface area (Å²) in [5.41, 5.74) is 1.28. The Morgan fingerprint density at radius 3 is 2.30 bits per heavy atom. The van der Waals surface area contributed by atoms with Crippen LogP contribution in [0.15, 0.2) is 0 Å². The van der Waals surface area contributed by atoms with Gasteiger partial charge in [-0.3, -0.25) is 4.90 Å². The van der Waals surface area contributed by atoms with Gasteiger partial charge < -0.3 is 4.74 Å². The number of morpholine rings is 1. The van der Waals surface area contributed by atoms with Crippen LogP contribution in [0.4, 0.5) is 0 Å². The summed E-state index contributed by atoms with van der Waals surface area (Å²) >= 11 is 0. The summed E-state index contributed by atoms with van der Waals surface area (Å²) < 4.78 is 5.65. The van der Waals surface area contributed by atoms with E-state index < -0.39 is 0 Å². The monoisotopic (exact) mass is 457 g/mol. The van der Waals surface area contributed by atoms with Crippen LogP contribution in [-0.4, -0.2) is 37.2 Å². The molecule has 0 spiro atoms. The lowest BCUT2D eigenvalue weighted by molar-refractivity contribution is -0.127. The van der Waals surface area contributed by atoms with Gasteiger partial charge in [0.15, 0.2) is 0 Å². The van der Waals surface area contributed by atoms with E-state index in [9.17, 15) is 0 Å². The lowest BCUT2D eigenvalue weighted by atomic mass is 9.44. The van der Waals surface area contributed by atoms with Gasteiger partial charge in [0.1, 0.15) is 0 Å². The van der Waals surface area contributed by atoms with Gasteiger partial charge in [-0.2, -0.15) is 0 Å². The van der Waals surface area contributed by atoms with E-state index >= 15 is 0 Å². The third kappa shape index (κ3) is 4.47. The molecule has 1 saturated heterocycles. The fraction of sp³-hybridized carbons (Fsp3) is 1.00. The molecular formula is C31H55NO. The molecule has 2 nitrogen and oxygen atoms in total. The Morgan fingerprint density at radius 2 is 1.55 bits per heavy atom. The normalized spacial score (nSPS) is 47.1. The second-order valence-electron chi connectivity index (χ2n) is 14.3. The first-order chi connectivity index (χ1) is 15.8. The molecule has 4 aliphatic carbocycles. The first-order valence-corrected chi connectivity index (χ1v) is 15.1. The number of rotatable bonds is 6. The summed E-state index contributed by atoms with van der Waals surface area (Å²) in [4.78, 5) is 2.79. The molecule has 4 saturated carbocycles. The minimum Gasteiger partial charge on any atom is -0.379 e. The van der Waals surface area contributed by atoms with Crippen molar-refractivity contribution in [1.29, 1.82) is 0 Å². The third-order valence-corrected chi connectivity index (χ3v) is 12.4. The molecule has 190 valence electrons. The van der Waals surface area contributed by atoms with E-state index in [1.807, 2.05) is 0 Å². The molecule has 9 atom stereocenters.